The highest BCUT2D eigenvalue weighted by Crippen LogP contribution is 2.35. The van der Waals surface area contributed by atoms with Crippen molar-refractivity contribution in [2.24, 2.45) is 0 Å². The number of phenols is 1. The zero-order chi connectivity index (χ0) is 29.6. The van der Waals surface area contributed by atoms with Gasteiger partial charge in [-0.15, -0.1) is 0 Å². The molecule has 8 nitrogen and oxygen atoms in total. The van der Waals surface area contributed by atoms with Crippen molar-refractivity contribution in [1.29, 1.82) is 0 Å². The summed E-state index contributed by atoms with van der Waals surface area (Å²) in [6, 6.07) is 12.5. The summed E-state index contributed by atoms with van der Waals surface area (Å²) in [5.41, 5.74) is 1.80. The van der Waals surface area contributed by atoms with Gasteiger partial charge in [0.15, 0.2) is 0 Å². The summed E-state index contributed by atoms with van der Waals surface area (Å²) in [4.78, 5) is 43.3. The quantitative estimate of drug-likeness (QED) is 0.362. The van der Waals surface area contributed by atoms with Crippen molar-refractivity contribution in [2.45, 2.75) is 115 Å². The molecular formula is C33H45N3O5. The first-order valence-corrected chi connectivity index (χ1v) is 15.0. The van der Waals surface area contributed by atoms with Crippen LogP contribution in [0.25, 0.3) is 0 Å². The van der Waals surface area contributed by atoms with Gasteiger partial charge in [0.1, 0.15) is 23.4 Å². The lowest BCUT2D eigenvalue weighted by Crippen LogP contribution is -2.58. The van der Waals surface area contributed by atoms with Crippen LogP contribution < -0.4 is 10.6 Å². The average molecular weight is 564 g/mol. The maximum atomic E-state index is 14.6. The van der Waals surface area contributed by atoms with Crippen molar-refractivity contribution in [2.75, 3.05) is 0 Å². The van der Waals surface area contributed by atoms with Crippen LogP contribution in [0.1, 0.15) is 94.9 Å². The van der Waals surface area contributed by atoms with Crippen LogP contribution in [0, 0.1) is 6.92 Å². The molecule has 2 aliphatic carbocycles. The van der Waals surface area contributed by atoms with Crippen LogP contribution in [0.5, 0.6) is 5.75 Å². The Morgan fingerprint density at radius 1 is 0.976 bits per heavy atom. The molecule has 0 bridgehead atoms. The van der Waals surface area contributed by atoms with E-state index in [9.17, 15) is 19.5 Å². The van der Waals surface area contributed by atoms with Gasteiger partial charge < -0.3 is 25.4 Å². The molecule has 2 aromatic rings. The average Bonchev–Trinajstić information content (AvgIpc) is 2.87. The number of phenolic OH excluding ortho intramolecular Hbond substituents is 1. The Bertz CT molecular complexity index is 1200. The summed E-state index contributed by atoms with van der Waals surface area (Å²) in [6.07, 6.45) is 7.28. The fourth-order valence-electron chi connectivity index (χ4n) is 5.69. The maximum Gasteiger partial charge on any atom is 0.408 e. The number of aryl methyl sites for hydroxylation is 1. The second-order valence-corrected chi connectivity index (χ2v) is 12.6. The molecule has 8 heteroatoms. The Hall–Kier alpha value is -3.55. The SMILES string of the molecule is Cc1cccc(C(C(=O)NC2CCCCC2)N(C(=O)C(Cc2ccc(O)cc2)NC(=O)OC(C)(C)C)C2CCC2)c1. The standard InChI is InChI=1S/C33H45N3O5/c1-22-10-8-11-24(20-22)29(30(38)34-25-12-6-5-7-13-25)36(26-14-9-15-26)31(39)28(35-32(40)41-33(2,3)4)21-23-16-18-27(37)19-17-23/h8,10-11,16-20,25-26,28-29,37H,5-7,9,12-15,21H2,1-4H3,(H,34,38)(H,35,40). The molecule has 2 unspecified atom stereocenters. The van der Waals surface area contributed by atoms with Crippen molar-refractivity contribution in [1.82, 2.24) is 15.5 Å². The summed E-state index contributed by atoms with van der Waals surface area (Å²) >= 11 is 0. The molecule has 0 heterocycles. The summed E-state index contributed by atoms with van der Waals surface area (Å²) in [5, 5.41) is 15.9. The highest BCUT2D eigenvalue weighted by molar-refractivity contribution is 5.92. The van der Waals surface area contributed by atoms with Gasteiger partial charge >= 0.3 is 6.09 Å². The minimum absolute atomic E-state index is 0.0922. The predicted octanol–water partition coefficient (Wildman–Crippen LogP) is 5.71. The van der Waals surface area contributed by atoms with E-state index in [1.54, 1.807) is 49.9 Å². The molecule has 0 aromatic heterocycles. The maximum absolute atomic E-state index is 14.6. The molecule has 0 aliphatic heterocycles. The normalized spacial score (nSPS) is 17.6. The lowest BCUT2D eigenvalue weighted by molar-refractivity contribution is -0.147. The molecule has 0 saturated heterocycles. The van der Waals surface area contributed by atoms with Crippen molar-refractivity contribution in [3.05, 3.63) is 65.2 Å². The van der Waals surface area contributed by atoms with E-state index >= 15 is 0 Å². The summed E-state index contributed by atoms with van der Waals surface area (Å²) in [6.45, 7) is 7.29. The fourth-order valence-corrected chi connectivity index (χ4v) is 5.69. The van der Waals surface area contributed by atoms with E-state index < -0.39 is 23.8 Å². The number of hydrogen-bond acceptors (Lipinski definition) is 5. The lowest BCUT2D eigenvalue weighted by Gasteiger charge is -2.44. The summed E-state index contributed by atoms with van der Waals surface area (Å²) in [5.74, 6) is -0.381. The van der Waals surface area contributed by atoms with Crippen LogP contribution in [0.3, 0.4) is 0 Å². The van der Waals surface area contributed by atoms with Crippen molar-refractivity contribution in [3.63, 3.8) is 0 Å². The number of carbonyl (C=O) groups excluding carboxylic acids is 3. The first-order chi connectivity index (χ1) is 19.5. The van der Waals surface area contributed by atoms with Gasteiger partial charge in [0.25, 0.3) is 0 Å². The Kier molecular flexibility index (Phi) is 9.94. The summed E-state index contributed by atoms with van der Waals surface area (Å²) in [7, 11) is 0. The fraction of sp³-hybridized carbons (Fsp3) is 0.545. The van der Waals surface area contributed by atoms with E-state index in [-0.39, 0.29) is 36.1 Å². The number of hydrogen-bond donors (Lipinski definition) is 3. The zero-order valence-electron chi connectivity index (χ0n) is 24.8. The number of carbonyl (C=O) groups is 3. The van der Waals surface area contributed by atoms with E-state index in [1.807, 2.05) is 31.2 Å². The van der Waals surface area contributed by atoms with Gasteiger partial charge in [-0.25, -0.2) is 4.79 Å². The van der Waals surface area contributed by atoms with Gasteiger partial charge in [-0.2, -0.15) is 0 Å². The molecule has 3 amide bonds. The van der Waals surface area contributed by atoms with Crippen LogP contribution in [0.15, 0.2) is 48.5 Å². The molecule has 41 heavy (non-hydrogen) atoms. The molecule has 2 aromatic carbocycles. The van der Waals surface area contributed by atoms with Gasteiger partial charge in [0, 0.05) is 18.5 Å². The van der Waals surface area contributed by atoms with Crippen LogP contribution in [-0.4, -0.2) is 51.6 Å². The van der Waals surface area contributed by atoms with Crippen LogP contribution in [-0.2, 0) is 20.7 Å². The molecule has 2 aliphatic rings. The number of nitrogens with zero attached hydrogens (tertiary/aromatic N) is 1. The number of aromatic hydroxyl groups is 1. The van der Waals surface area contributed by atoms with Crippen LogP contribution >= 0.6 is 0 Å². The number of ether oxygens (including phenoxy) is 1. The topological polar surface area (TPSA) is 108 Å². The second kappa shape index (κ2) is 13.4. The van der Waals surface area contributed by atoms with Crippen LogP contribution in [0.2, 0.25) is 0 Å². The lowest BCUT2D eigenvalue weighted by atomic mass is 9.87. The molecule has 4 rings (SSSR count). The molecule has 2 saturated carbocycles. The molecule has 0 spiro atoms. The molecule has 3 N–H and O–H groups in total. The molecule has 2 fully saturated rings. The molecule has 0 radical (unpaired) electrons. The zero-order valence-corrected chi connectivity index (χ0v) is 24.8. The van der Waals surface area contributed by atoms with E-state index in [0.29, 0.717) is 0 Å². The number of amides is 3. The number of alkyl carbamates (subject to hydrolysis) is 1. The molecular weight excluding hydrogens is 518 g/mol. The van der Waals surface area contributed by atoms with E-state index in [1.165, 1.54) is 6.42 Å². The van der Waals surface area contributed by atoms with E-state index in [0.717, 1.165) is 61.6 Å². The van der Waals surface area contributed by atoms with Gasteiger partial charge in [-0.1, -0.05) is 61.2 Å². The van der Waals surface area contributed by atoms with Gasteiger partial charge in [0.05, 0.1) is 0 Å². The van der Waals surface area contributed by atoms with E-state index in [4.69, 9.17) is 4.74 Å². The first kappa shape index (κ1) is 30.4. The minimum atomic E-state index is -0.968. The third kappa shape index (κ3) is 8.47. The monoisotopic (exact) mass is 563 g/mol. The minimum Gasteiger partial charge on any atom is -0.508 e. The largest absolute Gasteiger partial charge is 0.508 e. The van der Waals surface area contributed by atoms with Gasteiger partial charge in [-0.3, -0.25) is 9.59 Å². The third-order valence-corrected chi connectivity index (χ3v) is 7.92. The predicted molar refractivity (Wildman–Crippen MR) is 158 cm³/mol. The van der Waals surface area contributed by atoms with Gasteiger partial charge in [-0.05, 0) is 83.1 Å². The van der Waals surface area contributed by atoms with Crippen molar-refractivity contribution < 1.29 is 24.2 Å². The highest BCUT2D eigenvalue weighted by Gasteiger charge is 2.42. The van der Waals surface area contributed by atoms with Crippen molar-refractivity contribution >= 4 is 17.9 Å². The van der Waals surface area contributed by atoms with Gasteiger partial charge in [0.2, 0.25) is 11.8 Å². The number of nitrogens with one attached hydrogen (secondary N) is 2. The summed E-state index contributed by atoms with van der Waals surface area (Å²) < 4.78 is 5.52. The Morgan fingerprint density at radius 3 is 2.24 bits per heavy atom. The first-order valence-electron chi connectivity index (χ1n) is 15.0. The Labute approximate surface area is 243 Å². The van der Waals surface area contributed by atoms with Crippen LogP contribution in [0.4, 0.5) is 4.79 Å². The third-order valence-electron chi connectivity index (χ3n) is 7.92. The number of rotatable bonds is 9. The smallest absolute Gasteiger partial charge is 0.408 e. The second-order valence-electron chi connectivity index (χ2n) is 12.6. The Morgan fingerprint density at radius 2 is 1.66 bits per heavy atom. The molecule has 222 valence electrons. The Balaban J connectivity index is 1.70. The van der Waals surface area contributed by atoms with Crippen molar-refractivity contribution in [3.8, 4) is 5.75 Å². The van der Waals surface area contributed by atoms with E-state index in [2.05, 4.69) is 10.6 Å². The number of benzene rings is 2. The highest BCUT2D eigenvalue weighted by atomic mass is 16.6. The molecule has 2 atom stereocenters.